The number of rotatable bonds is 16. The molecule has 0 radical (unpaired) electrons. The highest BCUT2D eigenvalue weighted by Gasteiger charge is 2.17. The van der Waals surface area contributed by atoms with Gasteiger partial charge in [0.05, 0.1) is 45.9 Å². The third kappa shape index (κ3) is 9.26. The van der Waals surface area contributed by atoms with Crippen molar-refractivity contribution in [3.63, 3.8) is 0 Å². The first-order chi connectivity index (χ1) is 21.0. The number of amides is 1. The van der Waals surface area contributed by atoms with E-state index in [-0.39, 0.29) is 28.5 Å². The van der Waals surface area contributed by atoms with Crippen LogP contribution in [0.4, 0.5) is 5.69 Å². The molecular formula is C35H40ClN3O4. The van der Waals surface area contributed by atoms with Crippen molar-refractivity contribution in [3.05, 3.63) is 99.6 Å². The molecule has 0 saturated carbocycles. The second-order valence-corrected chi connectivity index (χ2v) is 11.2. The number of unbranched alkanes of at least 4 members (excludes halogenated alkanes) is 9. The van der Waals surface area contributed by atoms with Gasteiger partial charge < -0.3 is 10.1 Å². The normalized spacial score (nSPS) is 11.0. The number of hydrogen-bond acceptors (Lipinski definition) is 5. The van der Waals surface area contributed by atoms with Gasteiger partial charge in [0, 0.05) is 0 Å². The molecule has 0 aliphatic heterocycles. The molecule has 1 aromatic heterocycles. The van der Waals surface area contributed by atoms with Crippen LogP contribution in [0.5, 0.6) is 0 Å². The molecule has 0 aliphatic rings. The second kappa shape index (κ2) is 16.6. The maximum Gasteiger partial charge on any atom is 0.338 e. The molecule has 3 aromatic carbocycles. The van der Waals surface area contributed by atoms with Crippen LogP contribution in [-0.2, 0) is 16.0 Å². The number of nitrogens with one attached hydrogen (secondary N) is 1. The Morgan fingerprint density at radius 2 is 1.49 bits per heavy atom. The van der Waals surface area contributed by atoms with Gasteiger partial charge in [0.2, 0.25) is 5.91 Å². The average molecular weight is 602 g/mol. The van der Waals surface area contributed by atoms with Crippen LogP contribution in [-0.4, -0.2) is 28.0 Å². The van der Waals surface area contributed by atoms with Gasteiger partial charge >= 0.3 is 5.97 Å². The van der Waals surface area contributed by atoms with E-state index in [1.54, 1.807) is 48.5 Å². The topological polar surface area (TPSA) is 90.3 Å². The van der Waals surface area contributed by atoms with E-state index in [2.05, 4.69) is 17.2 Å². The Morgan fingerprint density at radius 3 is 2.21 bits per heavy atom. The number of carbonyl (C=O) groups excluding carboxylic acids is 2. The van der Waals surface area contributed by atoms with Crippen LogP contribution >= 0.6 is 11.6 Å². The Labute approximate surface area is 258 Å². The Kier molecular flexibility index (Phi) is 12.3. The lowest BCUT2D eigenvalue weighted by Gasteiger charge is -2.14. The zero-order chi connectivity index (χ0) is 30.4. The van der Waals surface area contributed by atoms with Gasteiger partial charge in [-0.25, -0.2) is 9.78 Å². The summed E-state index contributed by atoms with van der Waals surface area (Å²) in [4.78, 5) is 43.9. The fraction of sp³-hybridized carbons (Fsp3) is 0.371. The quantitative estimate of drug-likeness (QED) is 0.103. The summed E-state index contributed by atoms with van der Waals surface area (Å²) in [6.45, 7) is 2.58. The molecule has 0 unspecified atom stereocenters. The number of ether oxygens (including phenoxy) is 1. The lowest BCUT2D eigenvalue weighted by Crippen LogP contribution is -2.27. The maximum atomic E-state index is 13.4. The van der Waals surface area contributed by atoms with E-state index in [1.807, 2.05) is 18.2 Å². The average Bonchev–Trinajstić information content (AvgIpc) is 3.01. The molecule has 0 saturated heterocycles. The van der Waals surface area contributed by atoms with E-state index in [9.17, 15) is 14.4 Å². The minimum Gasteiger partial charge on any atom is -0.462 e. The number of fused-ring (bicyclic) bond motifs is 1. The maximum absolute atomic E-state index is 13.4. The zero-order valence-electron chi connectivity index (χ0n) is 24.8. The van der Waals surface area contributed by atoms with Crippen LogP contribution in [0.2, 0.25) is 5.02 Å². The van der Waals surface area contributed by atoms with Crippen LogP contribution in [0, 0.1) is 0 Å². The zero-order valence-corrected chi connectivity index (χ0v) is 25.6. The van der Waals surface area contributed by atoms with E-state index in [1.165, 1.54) is 55.6 Å². The van der Waals surface area contributed by atoms with E-state index in [0.29, 0.717) is 28.8 Å². The van der Waals surface area contributed by atoms with Crippen molar-refractivity contribution in [2.45, 2.75) is 77.6 Å². The van der Waals surface area contributed by atoms with E-state index in [4.69, 9.17) is 16.3 Å². The van der Waals surface area contributed by atoms with Gasteiger partial charge in [-0.05, 0) is 48.9 Å². The van der Waals surface area contributed by atoms with Crippen LogP contribution in [0.25, 0.3) is 16.6 Å². The van der Waals surface area contributed by atoms with Gasteiger partial charge in [-0.15, -0.1) is 0 Å². The smallest absolute Gasteiger partial charge is 0.338 e. The predicted molar refractivity (Wildman–Crippen MR) is 173 cm³/mol. The first kappa shape index (κ1) is 32.0. The molecule has 7 nitrogen and oxygen atoms in total. The van der Waals surface area contributed by atoms with Gasteiger partial charge in [-0.3, -0.25) is 14.2 Å². The molecule has 0 atom stereocenters. The third-order valence-electron chi connectivity index (χ3n) is 7.39. The highest BCUT2D eigenvalue weighted by molar-refractivity contribution is 6.33. The predicted octanol–water partition coefficient (Wildman–Crippen LogP) is 8.30. The van der Waals surface area contributed by atoms with E-state index in [0.717, 1.165) is 19.3 Å². The van der Waals surface area contributed by atoms with Crippen molar-refractivity contribution >= 4 is 40.1 Å². The minimum absolute atomic E-state index is 0.182. The molecule has 0 fully saturated rings. The second-order valence-electron chi connectivity index (χ2n) is 10.8. The molecular weight excluding hydrogens is 562 g/mol. The molecule has 0 bridgehead atoms. The molecule has 8 heteroatoms. The summed E-state index contributed by atoms with van der Waals surface area (Å²) >= 11 is 6.36. The summed E-state index contributed by atoms with van der Waals surface area (Å²) in [5.41, 5.74) is 1.45. The van der Waals surface area contributed by atoms with Crippen LogP contribution in [0.3, 0.4) is 0 Å². The SMILES string of the molecule is CCCCCCCCCCCCOC(=O)c1ccc(Cl)c(NC(=O)Cc2nc3ccccc3c(=O)n2-c2ccccc2)c1. The first-order valence-electron chi connectivity index (χ1n) is 15.3. The Bertz CT molecular complexity index is 1570. The molecule has 0 aliphatic carbocycles. The number of hydrogen-bond donors (Lipinski definition) is 1. The van der Waals surface area contributed by atoms with E-state index >= 15 is 0 Å². The summed E-state index contributed by atoms with van der Waals surface area (Å²) in [5, 5.41) is 3.52. The van der Waals surface area contributed by atoms with Gasteiger partial charge in [-0.1, -0.05) is 107 Å². The number of nitrogens with zero attached hydrogens (tertiary/aromatic N) is 2. The van der Waals surface area contributed by atoms with Gasteiger partial charge in [0.15, 0.2) is 0 Å². The Balaban J connectivity index is 1.34. The summed E-state index contributed by atoms with van der Waals surface area (Å²) in [5.74, 6) is -0.600. The monoisotopic (exact) mass is 601 g/mol. The van der Waals surface area contributed by atoms with Crippen LogP contribution < -0.4 is 10.9 Å². The molecule has 4 rings (SSSR count). The fourth-order valence-electron chi connectivity index (χ4n) is 5.06. The standard InChI is InChI=1S/C35H40ClN3O4/c1-2-3-4-5-6-7-8-9-10-16-23-43-35(42)26-21-22-29(36)31(24-26)38-33(40)25-32-37-30-20-15-14-19-28(30)34(41)39(32)27-17-12-11-13-18-27/h11-15,17-22,24H,2-10,16,23,25H2,1H3,(H,38,40). The summed E-state index contributed by atoms with van der Waals surface area (Å²) < 4.78 is 6.92. The molecule has 1 N–H and O–H groups in total. The number of benzene rings is 3. The molecule has 1 amide bonds. The summed E-state index contributed by atoms with van der Waals surface area (Å²) in [7, 11) is 0. The number of carbonyl (C=O) groups is 2. The van der Waals surface area contributed by atoms with Crippen molar-refractivity contribution in [2.75, 3.05) is 11.9 Å². The van der Waals surface area contributed by atoms with Gasteiger partial charge in [0.1, 0.15) is 5.82 Å². The number of esters is 1. The van der Waals surface area contributed by atoms with E-state index < -0.39 is 11.9 Å². The minimum atomic E-state index is -0.461. The van der Waals surface area contributed by atoms with Crippen molar-refractivity contribution in [2.24, 2.45) is 0 Å². The first-order valence-corrected chi connectivity index (χ1v) is 15.7. The van der Waals surface area contributed by atoms with Crippen LogP contribution in [0.1, 0.15) is 87.3 Å². The lowest BCUT2D eigenvalue weighted by atomic mass is 10.1. The largest absolute Gasteiger partial charge is 0.462 e. The number of anilines is 1. The number of aromatic nitrogens is 2. The van der Waals surface area contributed by atoms with Crippen molar-refractivity contribution < 1.29 is 14.3 Å². The Hall–Kier alpha value is -3.97. The fourth-order valence-corrected chi connectivity index (χ4v) is 5.23. The van der Waals surface area contributed by atoms with Crippen LogP contribution in [0.15, 0.2) is 77.6 Å². The van der Waals surface area contributed by atoms with Gasteiger partial charge in [0.25, 0.3) is 5.56 Å². The highest BCUT2D eigenvalue weighted by atomic mass is 35.5. The molecule has 43 heavy (non-hydrogen) atoms. The number of para-hydroxylation sites is 2. The summed E-state index contributed by atoms with van der Waals surface area (Å²) in [6.07, 6.45) is 11.9. The van der Waals surface area contributed by atoms with Crippen molar-refractivity contribution in [1.82, 2.24) is 9.55 Å². The molecule has 1 heterocycles. The molecule has 4 aromatic rings. The molecule has 0 spiro atoms. The van der Waals surface area contributed by atoms with Crippen molar-refractivity contribution in [3.8, 4) is 5.69 Å². The van der Waals surface area contributed by atoms with Crippen molar-refractivity contribution in [1.29, 1.82) is 0 Å². The molecule has 226 valence electrons. The number of halogens is 1. The summed E-state index contributed by atoms with van der Waals surface area (Å²) in [6, 6.07) is 20.8. The third-order valence-corrected chi connectivity index (χ3v) is 7.72. The lowest BCUT2D eigenvalue weighted by molar-refractivity contribution is -0.115. The Morgan fingerprint density at radius 1 is 0.837 bits per heavy atom. The highest BCUT2D eigenvalue weighted by Crippen LogP contribution is 2.24. The van der Waals surface area contributed by atoms with Gasteiger partial charge in [-0.2, -0.15) is 0 Å².